The van der Waals surface area contributed by atoms with Gasteiger partial charge in [-0.25, -0.2) is 4.39 Å². The molecule has 1 aliphatic heterocycles. The number of nitrogens with one attached hydrogen (secondary N) is 1. The van der Waals surface area contributed by atoms with Crippen LogP contribution in [0, 0.1) is 11.7 Å². The lowest BCUT2D eigenvalue weighted by molar-refractivity contribution is -0.240. The Morgan fingerprint density at radius 1 is 1.23 bits per heavy atom. The molecule has 0 saturated carbocycles. The molecule has 1 unspecified atom stereocenters. The summed E-state index contributed by atoms with van der Waals surface area (Å²) in [7, 11) is 0. The number of rotatable bonds is 2. The third kappa shape index (κ3) is 2.34. The second kappa shape index (κ2) is 4.83. The number of cyclic esters (lactones) is 2. The SMILES string of the molecule is CC(c1c[nH]c2ccc(F)cc12)C1C(=O)OC(C)(C)OC1=O. The molecule has 6 heteroatoms. The van der Waals surface area contributed by atoms with Gasteiger partial charge in [0.2, 0.25) is 0 Å². The first-order valence-electron chi connectivity index (χ1n) is 7.01. The van der Waals surface area contributed by atoms with Crippen molar-refractivity contribution in [1.29, 1.82) is 0 Å². The van der Waals surface area contributed by atoms with Crippen LogP contribution in [0.25, 0.3) is 10.9 Å². The molecule has 0 aliphatic carbocycles. The van der Waals surface area contributed by atoms with Crippen LogP contribution in [-0.4, -0.2) is 22.7 Å². The highest BCUT2D eigenvalue weighted by molar-refractivity contribution is 5.98. The number of carbonyl (C=O) groups is 2. The van der Waals surface area contributed by atoms with Crippen LogP contribution in [0.15, 0.2) is 24.4 Å². The third-order valence-electron chi connectivity index (χ3n) is 3.87. The minimum atomic E-state index is -1.25. The van der Waals surface area contributed by atoms with Crippen LogP contribution < -0.4 is 0 Å². The van der Waals surface area contributed by atoms with E-state index in [1.54, 1.807) is 19.2 Å². The summed E-state index contributed by atoms with van der Waals surface area (Å²) in [6.07, 6.45) is 1.68. The highest BCUT2D eigenvalue weighted by atomic mass is 19.1. The van der Waals surface area contributed by atoms with Gasteiger partial charge in [0.25, 0.3) is 5.79 Å². The highest BCUT2D eigenvalue weighted by Gasteiger charge is 2.46. The molecule has 1 aromatic heterocycles. The maximum Gasteiger partial charge on any atom is 0.324 e. The van der Waals surface area contributed by atoms with E-state index in [0.717, 1.165) is 5.52 Å². The fourth-order valence-corrected chi connectivity index (χ4v) is 2.81. The number of ether oxygens (including phenoxy) is 2. The first-order chi connectivity index (χ1) is 10.3. The van der Waals surface area contributed by atoms with E-state index in [4.69, 9.17) is 9.47 Å². The van der Waals surface area contributed by atoms with E-state index in [2.05, 4.69) is 4.98 Å². The number of benzene rings is 1. The van der Waals surface area contributed by atoms with Gasteiger partial charge in [-0.05, 0) is 23.8 Å². The number of hydrogen-bond donors (Lipinski definition) is 1. The quantitative estimate of drug-likeness (QED) is 0.684. The van der Waals surface area contributed by atoms with Crippen molar-refractivity contribution in [2.75, 3.05) is 0 Å². The Balaban J connectivity index is 1.99. The summed E-state index contributed by atoms with van der Waals surface area (Å²) in [5.41, 5.74) is 1.41. The van der Waals surface area contributed by atoms with Crippen molar-refractivity contribution >= 4 is 22.8 Å². The van der Waals surface area contributed by atoms with Crippen LogP contribution >= 0.6 is 0 Å². The van der Waals surface area contributed by atoms with Crippen molar-refractivity contribution < 1.29 is 23.5 Å². The first kappa shape index (κ1) is 14.6. The van der Waals surface area contributed by atoms with Crippen molar-refractivity contribution in [2.45, 2.75) is 32.5 Å². The number of hydrogen-bond acceptors (Lipinski definition) is 4. The van der Waals surface area contributed by atoms with E-state index >= 15 is 0 Å². The molecule has 1 saturated heterocycles. The summed E-state index contributed by atoms with van der Waals surface area (Å²) >= 11 is 0. The number of H-pyrrole nitrogens is 1. The number of aromatic nitrogens is 1. The number of aromatic amines is 1. The molecule has 22 heavy (non-hydrogen) atoms. The summed E-state index contributed by atoms with van der Waals surface area (Å²) < 4.78 is 23.7. The average molecular weight is 305 g/mol. The van der Waals surface area contributed by atoms with Crippen molar-refractivity contribution in [1.82, 2.24) is 4.98 Å². The van der Waals surface area contributed by atoms with E-state index < -0.39 is 29.6 Å². The number of esters is 2. The van der Waals surface area contributed by atoms with Gasteiger partial charge in [0.1, 0.15) is 5.82 Å². The molecule has 1 aromatic carbocycles. The second-order valence-corrected chi connectivity index (χ2v) is 5.94. The zero-order chi connectivity index (χ0) is 16.1. The molecule has 3 rings (SSSR count). The van der Waals surface area contributed by atoms with Crippen LogP contribution in [0.4, 0.5) is 4.39 Å². The first-order valence-corrected chi connectivity index (χ1v) is 7.01. The topological polar surface area (TPSA) is 68.4 Å². The van der Waals surface area contributed by atoms with Crippen LogP contribution in [-0.2, 0) is 19.1 Å². The van der Waals surface area contributed by atoms with Crippen LogP contribution in [0.1, 0.15) is 32.3 Å². The standard InChI is InChI=1S/C16H16FNO4/c1-8(13-14(19)21-16(2,3)22-15(13)20)11-7-18-12-5-4-9(17)6-10(11)12/h4-8,13,18H,1-3H3. The molecule has 2 heterocycles. The summed E-state index contributed by atoms with van der Waals surface area (Å²) in [5.74, 6) is -4.44. The zero-order valence-electron chi connectivity index (χ0n) is 12.5. The molecule has 0 amide bonds. The summed E-state index contributed by atoms with van der Waals surface area (Å²) in [6.45, 7) is 4.73. The predicted molar refractivity (Wildman–Crippen MR) is 76.4 cm³/mol. The Labute approximate surface area is 126 Å². The van der Waals surface area contributed by atoms with E-state index in [-0.39, 0.29) is 5.82 Å². The molecule has 116 valence electrons. The normalized spacial score (nSPS) is 19.8. The lowest BCUT2D eigenvalue weighted by Crippen LogP contribution is -2.47. The largest absolute Gasteiger partial charge is 0.422 e. The van der Waals surface area contributed by atoms with Crippen LogP contribution in [0.2, 0.25) is 0 Å². The van der Waals surface area contributed by atoms with Gasteiger partial charge >= 0.3 is 11.9 Å². The fraction of sp³-hybridized carbons (Fsp3) is 0.375. The molecule has 0 bridgehead atoms. The van der Waals surface area contributed by atoms with Gasteiger partial charge in [-0.15, -0.1) is 0 Å². The van der Waals surface area contributed by atoms with Gasteiger partial charge < -0.3 is 14.5 Å². The molecule has 1 atom stereocenters. The van der Waals surface area contributed by atoms with Crippen LogP contribution in [0.3, 0.4) is 0 Å². The third-order valence-corrected chi connectivity index (χ3v) is 3.87. The Morgan fingerprint density at radius 2 is 1.86 bits per heavy atom. The minimum Gasteiger partial charge on any atom is -0.422 e. The van der Waals surface area contributed by atoms with Crippen molar-refractivity contribution in [3.8, 4) is 0 Å². The maximum atomic E-state index is 13.5. The molecule has 1 fully saturated rings. The molecule has 1 N–H and O–H groups in total. The van der Waals surface area contributed by atoms with Crippen molar-refractivity contribution in [2.24, 2.45) is 5.92 Å². The minimum absolute atomic E-state index is 0.379. The van der Waals surface area contributed by atoms with E-state index in [1.165, 1.54) is 26.0 Å². The van der Waals surface area contributed by atoms with Gasteiger partial charge in [-0.1, -0.05) is 6.92 Å². The Hall–Kier alpha value is -2.37. The number of carbonyl (C=O) groups excluding carboxylic acids is 2. The van der Waals surface area contributed by atoms with Gasteiger partial charge in [0, 0.05) is 36.9 Å². The molecular formula is C16H16FNO4. The van der Waals surface area contributed by atoms with Gasteiger partial charge in [-0.2, -0.15) is 0 Å². The molecule has 0 radical (unpaired) electrons. The fourth-order valence-electron chi connectivity index (χ4n) is 2.81. The second-order valence-electron chi connectivity index (χ2n) is 5.94. The van der Waals surface area contributed by atoms with Gasteiger partial charge in [0.05, 0.1) is 0 Å². The van der Waals surface area contributed by atoms with E-state index in [0.29, 0.717) is 10.9 Å². The average Bonchev–Trinajstić information content (AvgIpc) is 2.78. The van der Waals surface area contributed by atoms with Crippen molar-refractivity contribution in [3.63, 3.8) is 0 Å². The monoisotopic (exact) mass is 305 g/mol. The van der Waals surface area contributed by atoms with E-state index in [1.807, 2.05) is 0 Å². The zero-order valence-corrected chi connectivity index (χ0v) is 12.5. The van der Waals surface area contributed by atoms with Gasteiger partial charge in [-0.3, -0.25) is 9.59 Å². The summed E-state index contributed by atoms with van der Waals surface area (Å²) in [5, 5.41) is 0.637. The Bertz CT molecular complexity index is 745. The lowest BCUT2D eigenvalue weighted by atomic mass is 9.86. The molecule has 0 spiro atoms. The number of halogens is 1. The molecule has 2 aromatic rings. The lowest BCUT2D eigenvalue weighted by Gasteiger charge is -2.34. The Morgan fingerprint density at radius 3 is 2.50 bits per heavy atom. The van der Waals surface area contributed by atoms with E-state index in [9.17, 15) is 14.0 Å². The molecule has 5 nitrogen and oxygen atoms in total. The van der Waals surface area contributed by atoms with Gasteiger partial charge in [0.15, 0.2) is 5.92 Å². The van der Waals surface area contributed by atoms with Crippen LogP contribution in [0.5, 0.6) is 0 Å². The molecule has 1 aliphatic rings. The maximum absolute atomic E-state index is 13.5. The summed E-state index contributed by atoms with van der Waals surface area (Å²) in [4.78, 5) is 27.3. The summed E-state index contributed by atoms with van der Waals surface area (Å²) in [6, 6.07) is 4.33. The number of fused-ring (bicyclic) bond motifs is 1. The highest BCUT2D eigenvalue weighted by Crippen LogP contribution is 2.36. The smallest absolute Gasteiger partial charge is 0.324 e. The Kier molecular flexibility index (Phi) is 3.20. The molecular weight excluding hydrogens is 289 g/mol. The predicted octanol–water partition coefficient (Wildman–Crippen LogP) is 2.86. The van der Waals surface area contributed by atoms with Crippen molar-refractivity contribution in [3.05, 3.63) is 35.8 Å².